The topological polar surface area (TPSA) is 103 Å². The molecule has 0 unspecified atom stereocenters. The molecule has 1 heterocycles. The van der Waals surface area contributed by atoms with Crippen molar-refractivity contribution < 1.29 is 46.5 Å². The summed E-state index contributed by atoms with van der Waals surface area (Å²) < 4.78 is 60.5. The molecule has 44 heavy (non-hydrogen) atoms. The quantitative estimate of drug-likeness (QED) is 0.151. The molecule has 0 aliphatic carbocycles. The molecule has 0 radical (unpaired) electrons. The fourth-order valence-electron chi connectivity index (χ4n) is 3.84. The van der Waals surface area contributed by atoms with Crippen LogP contribution in [0.2, 0.25) is 5.02 Å². The van der Waals surface area contributed by atoms with Gasteiger partial charge in [0.05, 0.1) is 36.1 Å². The van der Waals surface area contributed by atoms with E-state index in [9.17, 15) is 27.6 Å². The number of hydrogen-bond donors (Lipinski definition) is 1. The summed E-state index contributed by atoms with van der Waals surface area (Å²) >= 11 is 12.1. The zero-order chi connectivity index (χ0) is 32.0. The fourth-order valence-corrected chi connectivity index (χ4v) is 5.32. The van der Waals surface area contributed by atoms with Crippen molar-refractivity contribution in [3.05, 3.63) is 81.7 Å². The fraction of sp³-hybridized carbons (Fsp3) is 0.172. The van der Waals surface area contributed by atoms with E-state index in [1.54, 1.807) is 18.2 Å². The lowest BCUT2D eigenvalue weighted by Gasteiger charge is -2.16. The molecule has 1 saturated heterocycles. The molecule has 0 spiro atoms. The molecule has 2 amide bonds. The number of carbonyl (C=O) groups is 3. The maximum Gasteiger partial charge on any atom is 0.416 e. The number of thiocarbonyl (C=S) groups is 1. The Labute approximate surface area is 263 Å². The van der Waals surface area contributed by atoms with Gasteiger partial charge in [-0.25, -0.2) is 4.79 Å². The van der Waals surface area contributed by atoms with Gasteiger partial charge in [0.2, 0.25) is 0 Å². The molecule has 0 aromatic heterocycles. The van der Waals surface area contributed by atoms with Crippen molar-refractivity contribution in [3.63, 3.8) is 0 Å². The van der Waals surface area contributed by atoms with Crippen LogP contribution >= 0.6 is 35.6 Å². The van der Waals surface area contributed by atoms with Crippen LogP contribution in [0, 0.1) is 0 Å². The number of amides is 2. The smallest absolute Gasteiger partial charge is 0.416 e. The second-order valence-corrected chi connectivity index (χ2v) is 10.9. The van der Waals surface area contributed by atoms with Crippen LogP contribution in [0.5, 0.6) is 17.2 Å². The molecule has 9 nitrogen and oxygen atoms in total. The Morgan fingerprint density at radius 3 is 2.43 bits per heavy atom. The first-order valence-electron chi connectivity index (χ1n) is 12.4. The van der Waals surface area contributed by atoms with Gasteiger partial charge in [0.25, 0.3) is 11.8 Å². The summed E-state index contributed by atoms with van der Waals surface area (Å²) in [5.74, 6) is -1.28. The summed E-state index contributed by atoms with van der Waals surface area (Å²) in [5.41, 5.74) is -0.103. The molecule has 0 saturated carbocycles. The Morgan fingerprint density at radius 2 is 1.73 bits per heavy atom. The number of thioether (sulfide) groups is 1. The number of carbonyl (C=O) groups excluding carboxylic acids is 3. The molecule has 1 fully saturated rings. The second kappa shape index (κ2) is 14.0. The lowest BCUT2D eigenvalue weighted by molar-refractivity contribution is -0.149. The van der Waals surface area contributed by atoms with Crippen molar-refractivity contribution in [3.8, 4) is 17.2 Å². The van der Waals surface area contributed by atoms with E-state index in [1.165, 1.54) is 50.6 Å². The highest BCUT2D eigenvalue weighted by Crippen LogP contribution is 2.39. The number of ether oxygens (including phenoxy) is 4. The summed E-state index contributed by atoms with van der Waals surface area (Å²) in [6.45, 7) is -1.13. The van der Waals surface area contributed by atoms with Crippen molar-refractivity contribution in [1.29, 1.82) is 0 Å². The third-order valence-corrected chi connectivity index (χ3v) is 7.39. The minimum atomic E-state index is -4.58. The molecule has 4 rings (SSSR count). The maximum atomic E-state index is 13.2. The minimum absolute atomic E-state index is 0.000565. The van der Waals surface area contributed by atoms with Gasteiger partial charge in [-0.1, -0.05) is 47.7 Å². The molecule has 0 atom stereocenters. The molecular weight excluding hydrogens is 645 g/mol. The normalized spacial score (nSPS) is 14.0. The average Bonchev–Trinajstić information content (AvgIpc) is 3.26. The van der Waals surface area contributed by atoms with E-state index in [1.807, 2.05) is 0 Å². The SMILES string of the molecule is COc1ccc(Cl)cc1NC(=O)COC(=O)COc1ccc(C=C2SC(=S)N(c3cccc(C(F)(F)F)c3)C2=O)cc1OC. The second-order valence-electron chi connectivity index (χ2n) is 8.82. The zero-order valence-electron chi connectivity index (χ0n) is 22.9. The lowest BCUT2D eigenvalue weighted by Crippen LogP contribution is -2.27. The highest BCUT2D eigenvalue weighted by molar-refractivity contribution is 8.27. The first-order chi connectivity index (χ1) is 20.9. The number of nitrogens with one attached hydrogen (secondary N) is 1. The van der Waals surface area contributed by atoms with E-state index < -0.39 is 42.7 Å². The van der Waals surface area contributed by atoms with Crippen molar-refractivity contribution >= 4 is 75.1 Å². The number of hydrogen-bond acceptors (Lipinski definition) is 9. The molecule has 15 heteroatoms. The number of anilines is 2. The number of halogens is 4. The van der Waals surface area contributed by atoms with Gasteiger partial charge >= 0.3 is 12.1 Å². The largest absolute Gasteiger partial charge is 0.495 e. The van der Waals surface area contributed by atoms with Crippen LogP contribution < -0.4 is 24.4 Å². The van der Waals surface area contributed by atoms with Gasteiger partial charge in [-0.05, 0) is 60.2 Å². The minimum Gasteiger partial charge on any atom is -0.495 e. The predicted molar refractivity (Wildman–Crippen MR) is 163 cm³/mol. The maximum absolute atomic E-state index is 13.2. The van der Waals surface area contributed by atoms with Gasteiger partial charge in [0, 0.05) is 5.02 Å². The summed E-state index contributed by atoms with van der Waals surface area (Å²) in [6, 6.07) is 13.6. The third kappa shape index (κ3) is 8.01. The molecule has 1 aliphatic rings. The van der Waals surface area contributed by atoms with Gasteiger partial charge < -0.3 is 24.3 Å². The number of rotatable bonds is 10. The van der Waals surface area contributed by atoms with Crippen LogP contribution in [0.4, 0.5) is 24.5 Å². The molecule has 230 valence electrons. The number of benzene rings is 3. The number of esters is 1. The Bertz CT molecular complexity index is 1650. The van der Waals surface area contributed by atoms with Gasteiger partial charge in [-0.3, -0.25) is 14.5 Å². The lowest BCUT2D eigenvalue weighted by atomic mass is 10.1. The van der Waals surface area contributed by atoms with Crippen molar-refractivity contribution in [1.82, 2.24) is 0 Å². The molecule has 3 aromatic carbocycles. The Hall–Kier alpha value is -4.27. The van der Waals surface area contributed by atoms with E-state index in [-0.39, 0.29) is 26.4 Å². The highest BCUT2D eigenvalue weighted by Gasteiger charge is 2.36. The monoisotopic (exact) mass is 666 g/mol. The van der Waals surface area contributed by atoms with E-state index in [0.717, 1.165) is 28.8 Å². The van der Waals surface area contributed by atoms with E-state index >= 15 is 0 Å². The summed E-state index contributed by atoms with van der Waals surface area (Å²) in [4.78, 5) is 38.7. The third-order valence-electron chi connectivity index (χ3n) is 5.86. The number of alkyl halides is 3. The molecule has 3 aromatic rings. The zero-order valence-corrected chi connectivity index (χ0v) is 25.3. The Morgan fingerprint density at radius 1 is 1.00 bits per heavy atom. The van der Waals surface area contributed by atoms with Crippen LogP contribution in [-0.4, -0.2) is 49.5 Å². The van der Waals surface area contributed by atoms with Crippen molar-refractivity contribution in [2.75, 3.05) is 37.7 Å². The van der Waals surface area contributed by atoms with Gasteiger partial charge in [-0.15, -0.1) is 0 Å². The van der Waals surface area contributed by atoms with Crippen LogP contribution in [-0.2, 0) is 25.3 Å². The predicted octanol–water partition coefficient (Wildman–Crippen LogP) is 6.34. The molecule has 1 aliphatic heterocycles. The first-order valence-corrected chi connectivity index (χ1v) is 14.0. The number of methoxy groups -OCH3 is 2. The van der Waals surface area contributed by atoms with Crippen molar-refractivity contribution in [2.24, 2.45) is 0 Å². The first kappa shape index (κ1) is 32.6. The van der Waals surface area contributed by atoms with Crippen LogP contribution in [0.1, 0.15) is 11.1 Å². The van der Waals surface area contributed by atoms with Crippen LogP contribution in [0.3, 0.4) is 0 Å². The average molecular weight is 667 g/mol. The standard InChI is InChI=1S/C29H22ClF3N2O7S2/c1-39-21-9-7-18(30)13-20(21)34-25(36)14-42-26(37)15-41-22-8-6-16(10-23(22)40-2)11-24-27(38)35(28(43)44-24)19-5-3-4-17(12-19)29(31,32)33/h3-13H,14-15H2,1-2H3,(H,34,36). The highest BCUT2D eigenvalue weighted by atomic mass is 35.5. The van der Waals surface area contributed by atoms with Crippen LogP contribution in [0.25, 0.3) is 6.08 Å². The summed E-state index contributed by atoms with van der Waals surface area (Å²) in [7, 11) is 2.79. The van der Waals surface area contributed by atoms with Crippen molar-refractivity contribution in [2.45, 2.75) is 6.18 Å². The molecular formula is C29H22ClF3N2O7S2. The number of nitrogens with zero attached hydrogens (tertiary/aromatic N) is 1. The Kier molecular flexibility index (Phi) is 10.4. The molecule has 1 N–H and O–H groups in total. The summed E-state index contributed by atoms with van der Waals surface area (Å²) in [5, 5.41) is 2.91. The van der Waals surface area contributed by atoms with Gasteiger partial charge in [0.15, 0.2) is 29.0 Å². The molecule has 0 bridgehead atoms. The summed E-state index contributed by atoms with van der Waals surface area (Å²) in [6.07, 6.45) is -3.08. The van der Waals surface area contributed by atoms with Crippen LogP contribution in [0.15, 0.2) is 65.6 Å². The van der Waals surface area contributed by atoms with E-state index in [0.29, 0.717) is 22.0 Å². The van der Waals surface area contributed by atoms with Gasteiger partial charge in [-0.2, -0.15) is 13.2 Å². The van der Waals surface area contributed by atoms with Gasteiger partial charge in [0.1, 0.15) is 5.75 Å². The van der Waals surface area contributed by atoms with E-state index in [2.05, 4.69) is 5.32 Å². The van der Waals surface area contributed by atoms with E-state index in [4.69, 9.17) is 42.8 Å². The Balaban J connectivity index is 1.36.